The summed E-state index contributed by atoms with van der Waals surface area (Å²) in [6, 6.07) is 21.7. The molecule has 6 heteroatoms. The number of hydrogen-bond donors (Lipinski definition) is 0. The van der Waals surface area contributed by atoms with E-state index >= 15 is 0 Å². The molecule has 0 N–H and O–H groups in total. The topological polar surface area (TPSA) is 18.5 Å². The second kappa shape index (κ2) is 11.8. The monoisotopic (exact) mass is 597 g/mol. The Bertz CT molecular complexity index is 1470. The standard InChI is InChI=1S/C29H29O2Si.2ClH.Zr/c1-19(2)22-14-15-25-23-12-8-6-10-20(23)16-26(25)28(22)29-24-13-9-7-11-21(24)17-27(29)30-18-31-32(3,4)5;;;/h6-15,17,29H,18H2,1-5H3;2*1H;/q-1;;;+3/p-2. The third-order valence-corrected chi connectivity index (χ3v) is 7.14. The van der Waals surface area contributed by atoms with Crippen molar-refractivity contribution in [3.8, 4) is 0 Å². The maximum atomic E-state index is 6.34. The van der Waals surface area contributed by atoms with Gasteiger partial charge in [-0.15, -0.1) is 33.4 Å². The van der Waals surface area contributed by atoms with Gasteiger partial charge < -0.3 is 34.0 Å². The summed E-state index contributed by atoms with van der Waals surface area (Å²) in [4.78, 5) is 0. The molecule has 35 heavy (non-hydrogen) atoms. The molecule has 0 saturated heterocycles. The van der Waals surface area contributed by atoms with Crippen LogP contribution in [-0.2, 0) is 35.4 Å². The average molecular weight is 600 g/mol. The van der Waals surface area contributed by atoms with Crippen molar-refractivity contribution in [2.45, 2.75) is 39.4 Å². The van der Waals surface area contributed by atoms with Crippen molar-refractivity contribution in [3.63, 3.8) is 0 Å². The number of fused-ring (bicyclic) bond motifs is 3. The van der Waals surface area contributed by atoms with E-state index in [0.29, 0.717) is 6.79 Å². The molecule has 2 nitrogen and oxygen atoms in total. The Balaban J connectivity index is 0.00000144. The van der Waals surface area contributed by atoms with Crippen molar-refractivity contribution >= 4 is 26.0 Å². The van der Waals surface area contributed by atoms with Gasteiger partial charge >= 0.3 is 26.2 Å². The zero-order chi connectivity index (χ0) is 22.5. The van der Waals surface area contributed by atoms with Gasteiger partial charge in [0.25, 0.3) is 0 Å². The van der Waals surface area contributed by atoms with E-state index in [2.05, 4.69) is 106 Å². The Morgan fingerprint density at radius 2 is 1.57 bits per heavy atom. The van der Waals surface area contributed by atoms with Crippen LogP contribution in [0.2, 0.25) is 19.6 Å². The zero-order valence-corrected chi connectivity index (χ0v) is 25.7. The molecule has 0 fully saturated rings. The molecular weight excluding hydrogens is 571 g/mol. The molecule has 0 saturated carbocycles. The predicted octanol–water partition coefficient (Wildman–Crippen LogP) is -0.499. The van der Waals surface area contributed by atoms with Crippen LogP contribution in [0.15, 0.2) is 66.4 Å². The van der Waals surface area contributed by atoms with E-state index in [1.54, 1.807) is 0 Å². The first-order valence-electron chi connectivity index (χ1n) is 11.2. The summed E-state index contributed by atoms with van der Waals surface area (Å²) in [5.74, 6) is 0.983. The van der Waals surface area contributed by atoms with Gasteiger partial charge in [0.15, 0.2) is 15.1 Å². The average Bonchev–Trinajstić information content (AvgIpc) is 3.30. The van der Waals surface area contributed by atoms with Crippen molar-refractivity contribution in [1.29, 1.82) is 0 Å². The van der Waals surface area contributed by atoms with Crippen LogP contribution in [-0.4, -0.2) is 15.1 Å². The van der Waals surface area contributed by atoms with E-state index in [1.165, 1.54) is 43.5 Å². The van der Waals surface area contributed by atoms with E-state index in [9.17, 15) is 0 Å². The fourth-order valence-corrected chi connectivity index (χ4v) is 5.08. The van der Waals surface area contributed by atoms with E-state index < -0.39 is 8.32 Å². The Morgan fingerprint density at radius 3 is 2.29 bits per heavy atom. The van der Waals surface area contributed by atoms with Gasteiger partial charge in [-0.25, -0.2) is 0 Å². The van der Waals surface area contributed by atoms with Crippen LogP contribution < -0.4 is 35.3 Å². The largest absolute Gasteiger partial charge is 3.00 e. The van der Waals surface area contributed by atoms with Gasteiger partial charge in [0.1, 0.15) is 5.76 Å². The molecule has 179 valence electrons. The van der Waals surface area contributed by atoms with Crippen LogP contribution in [0.1, 0.15) is 42.0 Å². The second-order valence-electron chi connectivity index (χ2n) is 9.75. The summed E-state index contributed by atoms with van der Waals surface area (Å²) >= 11 is 0. The summed E-state index contributed by atoms with van der Waals surface area (Å²) in [6.07, 6.45) is 5.91. The second-order valence-corrected chi connectivity index (χ2v) is 14.3. The van der Waals surface area contributed by atoms with Crippen molar-refractivity contribution in [1.82, 2.24) is 0 Å². The van der Waals surface area contributed by atoms with Gasteiger partial charge in [-0.05, 0) is 50.7 Å². The number of halogens is 2. The van der Waals surface area contributed by atoms with Crippen molar-refractivity contribution in [3.05, 3.63) is 110 Å². The first-order valence-corrected chi connectivity index (χ1v) is 14.7. The maximum absolute atomic E-state index is 6.34. The van der Waals surface area contributed by atoms with Gasteiger partial charge in [-0.2, -0.15) is 0 Å². The third-order valence-electron chi connectivity index (χ3n) is 6.16. The number of benzene rings is 3. The molecule has 0 aliphatic heterocycles. The summed E-state index contributed by atoms with van der Waals surface area (Å²) in [6.45, 7) is 11.2. The van der Waals surface area contributed by atoms with Crippen molar-refractivity contribution in [2.75, 3.05) is 6.79 Å². The van der Waals surface area contributed by atoms with Gasteiger partial charge in [-0.3, -0.25) is 0 Å². The van der Waals surface area contributed by atoms with Gasteiger partial charge in [-0.1, -0.05) is 71.0 Å². The van der Waals surface area contributed by atoms with E-state index in [4.69, 9.17) is 9.16 Å². The predicted molar refractivity (Wildman–Crippen MR) is 134 cm³/mol. The normalized spacial score (nSPS) is 14.7. The summed E-state index contributed by atoms with van der Waals surface area (Å²) in [5.41, 5.74) is 6.26. The molecule has 0 heterocycles. The minimum atomic E-state index is -1.67. The minimum absolute atomic E-state index is 0. The summed E-state index contributed by atoms with van der Waals surface area (Å²) in [7, 11) is -1.67. The number of ether oxygens (including phenoxy) is 1. The van der Waals surface area contributed by atoms with Crippen LogP contribution >= 0.6 is 0 Å². The third kappa shape index (κ3) is 5.78. The molecule has 3 aromatic carbocycles. The van der Waals surface area contributed by atoms with E-state index in [0.717, 1.165) is 11.0 Å². The van der Waals surface area contributed by atoms with E-state index in [-0.39, 0.29) is 56.9 Å². The molecule has 0 bridgehead atoms. The Morgan fingerprint density at radius 1 is 0.886 bits per heavy atom. The molecule has 2 aliphatic rings. The molecule has 0 amide bonds. The smallest absolute Gasteiger partial charge is 1.00 e. The van der Waals surface area contributed by atoms with Gasteiger partial charge in [0.2, 0.25) is 0 Å². The van der Waals surface area contributed by atoms with Crippen LogP contribution in [0.25, 0.3) is 17.7 Å². The number of rotatable bonds is 5. The SMILES string of the molecule is CC(C)=c1ccc2c(c1C1C(OCO[Si](C)(C)C)=Cc3ccccc31)[C-]=c1ccccc1=2.[Cl-].[Cl-].[Zr+3]. The van der Waals surface area contributed by atoms with Crippen molar-refractivity contribution < 1.29 is 60.2 Å². The summed E-state index contributed by atoms with van der Waals surface area (Å²) in [5, 5.41) is 4.94. The van der Waals surface area contributed by atoms with E-state index in [1.807, 2.05) is 0 Å². The molecular formula is C29H29Cl2O2SiZr. The molecule has 0 spiro atoms. The fraction of sp³-hybridized carbons (Fsp3) is 0.241. The number of allylic oxidation sites excluding steroid dienone is 1. The van der Waals surface area contributed by atoms with Crippen LogP contribution in [0, 0.1) is 10.4 Å². The number of hydrogen-bond acceptors (Lipinski definition) is 2. The molecule has 2 aliphatic carbocycles. The molecule has 1 atom stereocenters. The zero-order valence-electron chi connectivity index (χ0n) is 20.7. The molecule has 1 radical (unpaired) electrons. The van der Waals surface area contributed by atoms with Gasteiger partial charge in [0, 0.05) is 5.92 Å². The summed E-state index contributed by atoms with van der Waals surface area (Å²) < 4.78 is 12.4. The first-order chi connectivity index (χ1) is 15.3. The molecule has 0 aromatic heterocycles. The molecule has 1 unspecified atom stereocenters. The Kier molecular flexibility index (Phi) is 10.0. The molecule has 3 aromatic rings. The fourth-order valence-electron chi connectivity index (χ4n) is 4.67. The first kappa shape index (κ1) is 29.8. The van der Waals surface area contributed by atoms with Crippen LogP contribution in [0.4, 0.5) is 0 Å². The minimum Gasteiger partial charge on any atom is -1.00 e. The Labute approximate surface area is 240 Å². The van der Waals surface area contributed by atoms with Crippen LogP contribution in [0.3, 0.4) is 0 Å². The Hall–Kier alpha value is -1.42. The van der Waals surface area contributed by atoms with Crippen molar-refractivity contribution in [2.24, 2.45) is 0 Å². The quantitative estimate of drug-likeness (QED) is 0.175. The van der Waals surface area contributed by atoms with Crippen LogP contribution in [0.5, 0.6) is 0 Å². The van der Waals surface area contributed by atoms with Gasteiger partial charge in [0.05, 0.1) is 0 Å². The molecule has 5 rings (SSSR count). The maximum Gasteiger partial charge on any atom is 3.00 e.